The van der Waals surface area contributed by atoms with Crippen LogP contribution in [-0.2, 0) is 0 Å². The van der Waals surface area contributed by atoms with E-state index in [1.165, 1.54) is 30.4 Å². The number of nitrogens with zero attached hydrogens (tertiary/aromatic N) is 3. The third-order valence-corrected chi connectivity index (χ3v) is 6.25. The van der Waals surface area contributed by atoms with Crippen LogP contribution in [-0.4, -0.2) is 41.7 Å². The Morgan fingerprint density at radius 2 is 2.05 bits per heavy atom. The maximum atomic E-state index is 13.4. The van der Waals surface area contributed by atoms with Gasteiger partial charge in [-0.25, -0.2) is 22.6 Å². The lowest BCUT2D eigenvalue weighted by atomic mass is 10.0. The molecule has 9 heteroatoms. The Hall–Kier alpha value is -3.25. The Labute approximate surface area is 217 Å². The van der Waals surface area contributed by atoms with E-state index in [0.717, 1.165) is 26.3 Å². The number of hydrogen-bond acceptors (Lipinski definition) is 5. The molecule has 0 radical (unpaired) electrons. The van der Waals surface area contributed by atoms with Gasteiger partial charge < -0.3 is 15.6 Å². The molecule has 1 atom stereocenters. The van der Waals surface area contributed by atoms with Crippen molar-refractivity contribution >= 4 is 11.3 Å². The van der Waals surface area contributed by atoms with Crippen molar-refractivity contribution in [1.29, 1.82) is 5.26 Å². The van der Waals surface area contributed by atoms with Gasteiger partial charge in [-0.15, -0.1) is 0 Å². The number of benzene rings is 1. The first kappa shape index (κ1) is 30.0. The van der Waals surface area contributed by atoms with Gasteiger partial charge in [0.25, 0.3) is 6.43 Å². The van der Waals surface area contributed by atoms with Gasteiger partial charge in [-0.05, 0) is 58.2 Å². The molecule has 5 nitrogen and oxygen atoms in total. The van der Waals surface area contributed by atoms with Gasteiger partial charge in [0.2, 0.25) is 5.92 Å². The van der Waals surface area contributed by atoms with E-state index in [2.05, 4.69) is 46.8 Å². The number of nitriles is 1. The van der Waals surface area contributed by atoms with Crippen molar-refractivity contribution in [2.45, 2.75) is 65.3 Å². The van der Waals surface area contributed by atoms with E-state index in [1.54, 1.807) is 6.92 Å². The zero-order valence-corrected chi connectivity index (χ0v) is 22.1. The van der Waals surface area contributed by atoms with Gasteiger partial charge >= 0.3 is 0 Å². The summed E-state index contributed by atoms with van der Waals surface area (Å²) in [4.78, 5) is 0. The van der Waals surface area contributed by atoms with Crippen molar-refractivity contribution < 1.29 is 17.6 Å². The van der Waals surface area contributed by atoms with Gasteiger partial charge in [0.15, 0.2) is 0 Å². The molecule has 202 valence electrons. The molecule has 37 heavy (non-hydrogen) atoms. The van der Waals surface area contributed by atoms with Crippen LogP contribution in [0.4, 0.5) is 23.2 Å². The summed E-state index contributed by atoms with van der Waals surface area (Å²) in [5.41, 5.74) is 2.69. The van der Waals surface area contributed by atoms with Crippen molar-refractivity contribution in [3.05, 3.63) is 71.6 Å². The van der Waals surface area contributed by atoms with Crippen LogP contribution in [0.15, 0.2) is 60.5 Å². The molecule has 1 heterocycles. The minimum atomic E-state index is -2.88. The van der Waals surface area contributed by atoms with Gasteiger partial charge in [-0.3, -0.25) is 0 Å². The smallest absolute Gasteiger partial charge is 0.263 e. The number of alkyl halides is 4. The molecule has 0 amide bonds. The Morgan fingerprint density at radius 3 is 2.59 bits per heavy atom. The van der Waals surface area contributed by atoms with Crippen LogP contribution < -0.4 is 10.6 Å². The Kier molecular flexibility index (Phi) is 10.8. The second-order valence-electron chi connectivity index (χ2n) is 9.27. The average molecular weight is 520 g/mol. The van der Waals surface area contributed by atoms with E-state index >= 15 is 0 Å². The fraction of sp³-hybridized carbons (Fsp3) is 0.464. The van der Waals surface area contributed by atoms with Crippen molar-refractivity contribution in [2.24, 2.45) is 0 Å². The van der Waals surface area contributed by atoms with Crippen LogP contribution >= 0.6 is 0 Å². The first-order chi connectivity index (χ1) is 17.4. The van der Waals surface area contributed by atoms with E-state index < -0.39 is 18.8 Å². The Balaban J connectivity index is 2.23. The SMILES string of the molecule is C=C(/C=C\CC(C)(F)F)c1cc(C(F)F)ccc1NCN/C(C(=C)N(CC)N1CCCC1C)=C(/C)C#N. The fourth-order valence-corrected chi connectivity index (χ4v) is 4.28. The number of halogens is 4. The molecule has 1 unspecified atom stereocenters. The fourth-order valence-electron chi connectivity index (χ4n) is 4.28. The summed E-state index contributed by atoms with van der Waals surface area (Å²) in [7, 11) is 0. The molecular weight excluding hydrogens is 482 g/mol. The highest BCUT2D eigenvalue weighted by Crippen LogP contribution is 2.30. The number of anilines is 1. The molecule has 2 rings (SSSR count). The summed E-state index contributed by atoms with van der Waals surface area (Å²) in [6.07, 6.45) is 1.68. The number of nitrogens with one attached hydrogen (secondary N) is 2. The normalized spacial score (nSPS) is 17.0. The van der Waals surface area contributed by atoms with E-state index in [-0.39, 0.29) is 12.2 Å². The molecule has 1 aromatic rings. The molecule has 1 aliphatic heterocycles. The molecule has 1 aliphatic rings. The second kappa shape index (κ2) is 13.3. The maximum absolute atomic E-state index is 13.4. The summed E-state index contributed by atoms with van der Waals surface area (Å²) in [6.45, 7) is 16.6. The zero-order chi connectivity index (χ0) is 27.8. The average Bonchev–Trinajstić information content (AvgIpc) is 3.26. The minimum Gasteiger partial charge on any atom is -0.367 e. The quantitative estimate of drug-likeness (QED) is 0.125. The summed E-state index contributed by atoms with van der Waals surface area (Å²) in [5.74, 6) is -2.88. The lowest BCUT2D eigenvalue weighted by Crippen LogP contribution is -2.45. The highest BCUT2D eigenvalue weighted by atomic mass is 19.3. The van der Waals surface area contributed by atoms with E-state index in [0.29, 0.717) is 46.4 Å². The van der Waals surface area contributed by atoms with Crippen LogP contribution in [0.25, 0.3) is 5.57 Å². The highest BCUT2D eigenvalue weighted by molar-refractivity contribution is 5.81. The molecule has 0 aliphatic carbocycles. The van der Waals surface area contributed by atoms with Crippen LogP contribution in [0.1, 0.15) is 64.5 Å². The molecule has 1 aromatic carbocycles. The van der Waals surface area contributed by atoms with Crippen LogP contribution in [0.5, 0.6) is 0 Å². The first-order valence-corrected chi connectivity index (χ1v) is 12.4. The third-order valence-electron chi connectivity index (χ3n) is 6.25. The summed E-state index contributed by atoms with van der Waals surface area (Å²) in [6, 6.07) is 6.65. The lowest BCUT2D eigenvalue weighted by molar-refractivity contribution is 0.00831. The van der Waals surface area contributed by atoms with Gasteiger partial charge in [0.05, 0.1) is 29.7 Å². The summed E-state index contributed by atoms with van der Waals surface area (Å²) >= 11 is 0. The summed E-state index contributed by atoms with van der Waals surface area (Å²) < 4.78 is 53.1. The zero-order valence-electron chi connectivity index (χ0n) is 22.1. The molecule has 0 spiro atoms. The first-order valence-electron chi connectivity index (χ1n) is 12.4. The Bertz CT molecular complexity index is 1070. The van der Waals surface area contributed by atoms with Crippen LogP contribution in [0.2, 0.25) is 0 Å². The van der Waals surface area contributed by atoms with Crippen molar-refractivity contribution in [2.75, 3.05) is 25.1 Å². The number of likely N-dealkylation sites (N-methyl/N-ethyl adjacent to an activating group) is 1. The molecule has 0 saturated carbocycles. The molecule has 1 saturated heterocycles. The topological polar surface area (TPSA) is 54.3 Å². The Morgan fingerprint density at radius 1 is 1.35 bits per heavy atom. The van der Waals surface area contributed by atoms with Crippen molar-refractivity contribution in [1.82, 2.24) is 15.3 Å². The predicted molar refractivity (Wildman–Crippen MR) is 142 cm³/mol. The number of hydrazine groups is 1. The van der Waals surface area contributed by atoms with Gasteiger partial charge in [-0.1, -0.05) is 31.4 Å². The van der Waals surface area contributed by atoms with Crippen molar-refractivity contribution in [3.63, 3.8) is 0 Å². The van der Waals surface area contributed by atoms with Crippen molar-refractivity contribution in [3.8, 4) is 6.07 Å². The molecule has 1 fully saturated rings. The monoisotopic (exact) mass is 519 g/mol. The molecule has 0 bridgehead atoms. The summed E-state index contributed by atoms with van der Waals surface area (Å²) in [5, 5.41) is 20.3. The van der Waals surface area contributed by atoms with Crippen LogP contribution in [0.3, 0.4) is 0 Å². The van der Waals surface area contributed by atoms with E-state index in [1.807, 2.05) is 6.92 Å². The largest absolute Gasteiger partial charge is 0.367 e. The maximum Gasteiger partial charge on any atom is 0.263 e. The molecule has 2 N–H and O–H groups in total. The number of hydrogen-bond donors (Lipinski definition) is 2. The van der Waals surface area contributed by atoms with E-state index in [9.17, 15) is 22.8 Å². The molecule has 0 aromatic heterocycles. The van der Waals surface area contributed by atoms with Gasteiger partial charge in [0.1, 0.15) is 0 Å². The number of rotatable bonds is 13. The predicted octanol–water partition coefficient (Wildman–Crippen LogP) is 7.23. The lowest BCUT2D eigenvalue weighted by Gasteiger charge is -2.38. The number of allylic oxidation sites excluding steroid dienone is 4. The minimum absolute atomic E-state index is 0.158. The van der Waals surface area contributed by atoms with Gasteiger partial charge in [0, 0.05) is 42.4 Å². The van der Waals surface area contributed by atoms with Gasteiger partial charge in [-0.2, -0.15) is 5.26 Å². The molecular formula is C28H37F4N5. The standard InChI is InChI=1S/C28H37F4N5/c1-7-36(37-15-9-11-21(37)4)22(5)26(20(3)17-33)35-18-34-25-13-12-23(27(29)30)16-24(25)19(2)10-8-14-28(6,31)32/h8,10,12-13,16,21,27,34-35H,2,5,7,9,11,14-15,18H2,1,3-4,6H3/b10-8-,26-20-. The second-order valence-corrected chi connectivity index (χ2v) is 9.27. The van der Waals surface area contributed by atoms with E-state index in [4.69, 9.17) is 0 Å². The van der Waals surface area contributed by atoms with Crippen LogP contribution in [0, 0.1) is 11.3 Å². The highest BCUT2D eigenvalue weighted by Gasteiger charge is 2.27. The third kappa shape index (κ3) is 8.39.